The summed E-state index contributed by atoms with van der Waals surface area (Å²) in [7, 11) is 0. The molecular weight excluding hydrogens is 1380 g/mol. The van der Waals surface area contributed by atoms with Crippen molar-refractivity contribution in [3.8, 4) is 0 Å². The standard InChI is InChI=1S/2C33H44N4O6.C19H20N4/c2*1-7-20-19(6)32(42)37-27(20)14-25-18(5)23(10-12-31(40)41)29(35-25)15-28-22(9-11-30(38)39)17(4)24(34-28)13-26-16(3)21(8-2)33(43)36-26;1-3-14(20-9-1)11-16-5-7-18(22-16)13-19-8-6-17(23-19)12-15-4-2-10-21-15/h2*26-27,34-35H,7-15H2,1-6H3,(H,36,43)(H,37,42)(H,38,39)(H,40,41);1-10,20-23H,11-13H2. The maximum absolute atomic E-state index is 12.5. The van der Waals surface area contributed by atoms with Crippen molar-refractivity contribution >= 4 is 47.5 Å². The number of carbonyl (C=O) groups is 8. The van der Waals surface area contributed by atoms with Crippen LogP contribution < -0.4 is 21.3 Å². The zero-order valence-electron chi connectivity index (χ0n) is 65.0. The number of H-pyrrole nitrogens is 8. The van der Waals surface area contributed by atoms with Crippen molar-refractivity contribution in [2.45, 2.75) is 242 Å². The van der Waals surface area contributed by atoms with Crippen LogP contribution in [-0.2, 0) is 122 Å². The van der Waals surface area contributed by atoms with Gasteiger partial charge in [-0.1, -0.05) is 27.7 Å². The Morgan fingerprint density at radius 2 is 0.606 bits per heavy atom. The molecule has 0 saturated heterocycles. The zero-order valence-corrected chi connectivity index (χ0v) is 65.0. The molecule has 0 spiro atoms. The van der Waals surface area contributed by atoms with Gasteiger partial charge in [0.05, 0.1) is 24.2 Å². The van der Waals surface area contributed by atoms with Crippen molar-refractivity contribution in [3.05, 3.63) is 230 Å². The average Bonchev–Trinajstić information content (AvgIpc) is 1.64. The maximum Gasteiger partial charge on any atom is 0.303 e. The van der Waals surface area contributed by atoms with Crippen molar-refractivity contribution in [3.63, 3.8) is 0 Å². The third-order valence-electron chi connectivity index (χ3n) is 22.8. The smallest absolute Gasteiger partial charge is 0.303 e. The quantitative estimate of drug-likeness (QED) is 0.0179. The van der Waals surface area contributed by atoms with Crippen molar-refractivity contribution in [1.29, 1.82) is 0 Å². The van der Waals surface area contributed by atoms with Gasteiger partial charge in [0.25, 0.3) is 0 Å². The fourth-order valence-corrected chi connectivity index (χ4v) is 16.5. The predicted molar refractivity (Wildman–Crippen MR) is 418 cm³/mol. The van der Waals surface area contributed by atoms with Crippen LogP contribution in [0.25, 0.3) is 0 Å². The summed E-state index contributed by atoms with van der Waals surface area (Å²) in [4.78, 5) is 124. The van der Waals surface area contributed by atoms with Crippen LogP contribution in [0.4, 0.5) is 0 Å². The summed E-state index contributed by atoms with van der Waals surface area (Å²) >= 11 is 0. The Morgan fingerprint density at radius 1 is 0.330 bits per heavy atom. The number of carboxylic acids is 4. The molecule has 4 amide bonds. The minimum Gasteiger partial charge on any atom is -0.481 e. The average molecular weight is 1490 g/mol. The molecule has 16 N–H and O–H groups in total. The first kappa shape index (κ1) is 80.5. The second-order valence-electron chi connectivity index (χ2n) is 29.6. The fourth-order valence-electron chi connectivity index (χ4n) is 16.5. The van der Waals surface area contributed by atoms with E-state index in [-0.39, 0.29) is 73.5 Å². The number of aliphatic carboxylic acids is 4. The Morgan fingerprint density at radius 3 is 0.853 bits per heavy atom. The van der Waals surface area contributed by atoms with E-state index in [0.29, 0.717) is 77.0 Å². The molecule has 0 fully saturated rings. The summed E-state index contributed by atoms with van der Waals surface area (Å²) in [6.07, 6.45) is 14.1. The molecule has 4 aliphatic rings. The van der Waals surface area contributed by atoms with Crippen molar-refractivity contribution in [2.24, 2.45) is 0 Å². The number of aromatic nitrogens is 8. The van der Waals surface area contributed by atoms with Gasteiger partial charge in [0.1, 0.15) is 0 Å². The van der Waals surface area contributed by atoms with E-state index in [4.69, 9.17) is 0 Å². The van der Waals surface area contributed by atoms with Gasteiger partial charge in [-0.05, 0) is 222 Å². The van der Waals surface area contributed by atoms with Crippen LogP contribution in [0.1, 0.15) is 231 Å². The van der Waals surface area contributed by atoms with E-state index in [9.17, 15) is 58.8 Å². The molecule has 580 valence electrons. The van der Waals surface area contributed by atoms with E-state index in [0.717, 1.165) is 167 Å². The first-order valence-electron chi connectivity index (χ1n) is 38.3. The van der Waals surface area contributed by atoms with E-state index in [1.807, 2.05) is 108 Å². The van der Waals surface area contributed by atoms with E-state index in [1.165, 1.54) is 34.2 Å². The predicted octanol–water partition coefficient (Wildman–Crippen LogP) is 12.0. The highest BCUT2D eigenvalue weighted by Crippen LogP contribution is 2.35. The number of aromatic amines is 8. The molecule has 0 bridgehead atoms. The number of carboxylic acid groups (broad SMARTS) is 4. The van der Waals surface area contributed by atoms with Gasteiger partial charge in [-0.3, -0.25) is 38.4 Å². The normalized spacial score (nSPS) is 17.0. The minimum atomic E-state index is -0.878. The highest BCUT2D eigenvalue weighted by Gasteiger charge is 2.35. The Balaban J connectivity index is 0.000000182. The lowest BCUT2D eigenvalue weighted by Crippen LogP contribution is -2.31. The molecule has 4 aliphatic heterocycles. The van der Waals surface area contributed by atoms with Crippen LogP contribution in [-0.4, -0.2) is 132 Å². The van der Waals surface area contributed by atoms with Gasteiger partial charge in [0.2, 0.25) is 23.6 Å². The van der Waals surface area contributed by atoms with E-state index in [2.05, 4.69) is 97.5 Å². The van der Waals surface area contributed by atoms with Gasteiger partial charge < -0.3 is 81.6 Å². The number of nitrogens with one attached hydrogen (secondary N) is 12. The molecule has 12 heterocycles. The van der Waals surface area contributed by atoms with Crippen molar-refractivity contribution in [2.75, 3.05) is 0 Å². The van der Waals surface area contributed by atoms with Gasteiger partial charge in [-0.2, -0.15) is 0 Å². The largest absolute Gasteiger partial charge is 0.481 e. The lowest BCUT2D eigenvalue weighted by atomic mass is 9.95. The van der Waals surface area contributed by atoms with Crippen LogP contribution in [0.15, 0.2) is 106 Å². The summed E-state index contributed by atoms with van der Waals surface area (Å²) in [5, 5.41) is 50.2. The summed E-state index contributed by atoms with van der Waals surface area (Å²) in [6.45, 7) is 23.6. The van der Waals surface area contributed by atoms with Crippen molar-refractivity contribution < 1.29 is 58.8 Å². The molecule has 0 radical (unpaired) electrons. The number of amides is 4. The molecule has 4 unspecified atom stereocenters. The Bertz CT molecular complexity index is 4530. The van der Waals surface area contributed by atoms with E-state index >= 15 is 0 Å². The summed E-state index contributed by atoms with van der Waals surface area (Å²) in [5.41, 5.74) is 29.9. The Hall–Kier alpha value is -11.0. The molecular formula is C85H108N12O12. The van der Waals surface area contributed by atoms with Crippen LogP contribution in [0.3, 0.4) is 0 Å². The van der Waals surface area contributed by atoms with Crippen LogP contribution in [0, 0.1) is 27.7 Å². The number of hydrogen-bond donors (Lipinski definition) is 16. The molecule has 12 rings (SSSR count). The summed E-state index contributed by atoms with van der Waals surface area (Å²) in [6, 6.07) is 16.5. The summed E-state index contributed by atoms with van der Waals surface area (Å²) in [5.74, 6) is -3.68. The monoisotopic (exact) mass is 1490 g/mol. The number of rotatable bonds is 34. The molecule has 0 aromatic carbocycles. The highest BCUT2D eigenvalue weighted by atomic mass is 16.4. The van der Waals surface area contributed by atoms with Crippen LogP contribution in [0.2, 0.25) is 0 Å². The molecule has 24 nitrogen and oxygen atoms in total. The SMILES string of the molecule is CCC1=C(C)C(Cc2[nH]c(Cc3[nH]c(CC4NC(=O)C(C)=C4CC)c(C)c3CCC(=O)O)c(CCC(=O)O)c2C)NC1=O.CCC1=C(C)C(Cc2[nH]c(Cc3[nH]c(CC4NC(=O)C(C)=C4CC)c(C)c3CCC(=O)O)c(CCC(=O)O)c2C)NC1=O.c1c[nH]c(Cc2ccc(Cc3ccc(Cc4ccc[nH]4)[nH]3)[nH]2)c1. The molecule has 109 heavy (non-hydrogen) atoms. The minimum absolute atomic E-state index is 0.0157. The first-order valence-corrected chi connectivity index (χ1v) is 38.3. The molecule has 0 aliphatic carbocycles. The molecule has 4 atom stereocenters. The second-order valence-corrected chi connectivity index (χ2v) is 29.6. The summed E-state index contributed by atoms with van der Waals surface area (Å²) < 4.78 is 0. The third-order valence-corrected chi connectivity index (χ3v) is 22.8. The van der Waals surface area contributed by atoms with Gasteiger partial charge in [-0.15, -0.1) is 0 Å². The first-order chi connectivity index (χ1) is 52.1. The Kier molecular flexibility index (Phi) is 26.4. The van der Waals surface area contributed by atoms with E-state index < -0.39 is 23.9 Å². The van der Waals surface area contributed by atoms with E-state index in [1.54, 1.807) is 0 Å². The topological polar surface area (TPSA) is 392 Å². The van der Waals surface area contributed by atoms with Gasteiger partial charge in [-0.25, -0.2) is 0 Å². The maximum atomic E-state index is 12.5. The number of carbonyl (C=O) groups excluding carboxylic acids is 4. The molecule has 0 saturated carbocycles. The van der Waals surface area contributed by atoms with Crippen molar-refractivity contribution in [1.82, 2.24) is 61.1 Å². The zero-order chi connectivity index (χ0) is 78.7. The van der Waals surface area contributed by atoms with Crippen LogP contribution in [0.5, 0.6) is 0 Å². The Labute approximate surface area is 636 Å². The molecule has 8 aromatic heterocycles. The lowest BCUT2D eigenvalue weighted by Gasteiger charge is -2.14. The van der Waals surface area contributed by atoms with Gasteiger partial charge in [0.15, 0.2) is 0 Å². The third kappa shape index (κ3) is 19.3. The lowest BCUT2D eigenvalue weighted by molar-refractivity contribution is -0.138. The van der Waals surface area contributed by atoms with Gasteiger partial charge >= 0.3 is 23.9 Å². The molecule has 24 heteroatoms. The highest BCUT2D eigenvalue weighted by molar-refractivity contribution is 5.99. The van der Waals surface area contributed by atoms with Crippen LogP contribution >= 0.6 is 0 Å². The molecule has 8 aromatic rings. The second kappa shape index (κ2) is 35.8. The number of hydrogen-bond acceptors (Lipinski definition) is 8. The fraction of sp³-hybridized carbons (Fsp3) is 0.435. The van der Waals surface area contributed by atoms with Gasteiger partial charge in [0, 0.05) is 198 Å².